The lowest BCUT2D eigenvalue weighted by Gasteiger charge is -2.11. The molecule has 0 aliphatic heterocycles. The van der Waals surface area contributed by atoms with Crippen LogP contribution in [0, 0.1) is 11.8 Å². The molecular formula is C14H16ClN3O3S. The summed E-state index contributed by atoms with van der Waals surface area (Å²) < 4.78 is 28.3. The Morgan fingerprint density at radius 1 is 1.50 bits per heavy atom. The summed E-state index contributed by atoms with van der Waals surface area (Å²) in [5.74, 6) is 0.210. The van der Waals surface area contributed by atoms with Crippen molar-refractivity contribution >= 4 is 33.2 Å². The summed E-state index contributed by atoms with van der Waals surface area (Å²) in [5.41, 5.74) is 0.409. The van der Waals surface area contributed by atoms with Gasteiger partial charge in [-0.3, -0.25) is 9.20 Å². The van der Waals surface area contributed by atoms with E-state index in [1.165, 1.54) is 4.40 Å². The average Bonchev–Trinajstić information content (AvgIpc) is 3.19. The molecule has 0 radical (unpaired) electrons. The maximum absolute atomic E-state index is 12.4. The molecule has 1 saturated carbocycles. The number of hydrogen-bond donors (Lipinski definition) is 1. The molecule has 0 bridgehead atoms. The minimum Gasteiger partial charge on any atom is -0.288 e. The van der Waals surface area contributed by atoms with Crippen LogP contribution in [0.5, 0.6) is 0 Å². The van der Waals surface area contributed by atoms with Crippen LogP contribution in [0.15, 0.2) is 29.4 Å². The lowest BCUT2D eigenvalue weighted by molar-refractivity contribution is -0.120. The van der Waals surface area contributed by atoms with E-state index in [-0.39, 0.29) is 22.5 Å². The van der Waals surface area contributed by atoms with Gasteiger partial charge in [-0.05, 0) is 36.8 Å². The van der Waals surface area contributed by atoms with Gasteiger partial charge in [0.05, 0.1) is 0 Å². The normalized spacial score (nSPS) is 16.6. The number of halogens is 1. The van der Waals surface area contributed by atoms with Crippen molar-refractivity contribution in [3.63, 3.8) is 0 Å². The van der Waals surface area contributed by atoms with Crippen LogP contribution < -0.4 is 4.72 Å². The van der Waals surface area contributed by atoms with Gasteiger partial charge in [0.2, 0.25) is 5.91 Å². The van der Waals surface area contributed by atoms with Gasteiger partial charge in [-0.15, -0.1) is 0 Å². The number of nitrogens with one attached hydrogen (secondary N) is 1. The van der Waals surface area contributed by atoms with Gasteiger partial charge in [-0.25, -0.2) is 9.71 Å². The van der Waals surface area contributed by atoms with Gasteiger partial charge in [-0.2, -0.15) is 8.42 Å². The molecule has 1 aliphatic rings. The van der Waals surface area contributed by atoms with Crippen LogP contribution >= 0.6 is 11.6 Å². The van der Waals surface area contributed by atoms with Gasteiger partial charge in [0, 0.05) is 12.6 Å². The summed E-state index contributed by atoms with van der Waals surface area (Å²) in [4.78, 5) is 16.0. The van der Waals surface area contributed by atoms with Crippen LogP contribution in [0.2, 0.25) is 5.15 Å². The van der Waals surface area contributed by atoms with Crippen LogP contribution in [0.3, 0.4) is 0 Å². The third kappa shape index (κ3) is 2.96. The van der Waals surface area contributed by atoms with Crippen molar-refractivity contribution in [1.29, 1.82) is 0 Å². The third-order valence-electron chi connectivity index (χ3n) is 3.88. The molecule has 2 aromatic rings. The highest BCUT2D eigenvalue weighted by molar-refractivity contribution is 7.90. The molecule has 1 N–H and O–H groups in total. The zero-order valence-electron chi connectivity index (χ0n) is 12.0. The standard InChI is InChI=1S/C14H16ClN3O3S/c1-9(10-5-6-10)8-12(19)17-22(20,21)14-13(15)16-11-4-2-3-7-18(11)14/h2-4,7,9-10H,5-6,8H2,1H3,(H,17,19)/t9-/m0/s1. The number of nitrogens with zero attached hydrogens (tertiary/aromatic N) is 2. The molecule has 0 aromatic carbocycles. The smallest absolute Gasteiger partial charge is 0.283 e. The Balaban J connectivity index is 1.85. The minimum absolute atomic E-state index is 0.151. The van der Waals surface area contributed by atoms with E-state index in [9.17, 15) is 13.2 Å². The van der Waals surface area contributed by atoms with Crippen LogP contribution in [-0.2, 0) is 14.8 Å². The SMILES string of the molecule is C[C@@H](CC(=O)NS(=O)(=O)c1c(Cl)nc2ccccn12)C1CC1. The Bertz CT molecular complexity index is 827. The summed E-state index contributed by atoms with van der Waals surface area (Å²) in [5, 5.41) is -0.362. The van der Waals surface area contributed by atoms with E-state index in [0.717, 1.165) is 12.8 Å². The molecule has 0 saturated heterocycles. The number of hydrogen-bond acceptors (Lipinski definition) is 4. The van der Waals surface area contributed by atoms with Crippen LogP contribution in [-0.4, -0.2) is 23.7 Å². The molecule has 0 spiro atoms. The first-order valence-electron chi connectivity index (χ1n) is 7.06. The van der Waals surface area contributed by atoms with E-state index >= 15 is 0 Å². The van der Waals surface area contributed by atoms with Crippen molar-refractivity contribution in [2.24, 2.45) is 11.8 Å². The summed E-state index contributed by atoms with van der Waals surface area (Å²) >= 11 is 5.94. The number of imidazole rings is 1. The average molecular weight is 342 g/mol. The molecule has 1 atom stereocenters. The number of carbonyl (C=O) groups is 1. The number of rotatable bonds is 5. The first-order valence-corrected chi connectivity index (χ1v) is 8.93. The van der Waals surface area contributed by atoms with E-state index in [4.69, 9.17) is 11.6 Å². The number of sulfonamides is 1. The van der Waals surface area contributed by atoms with Crippen molar-refractivity contribution < 1.29 is 13.2 Å². The monoisotopic (exact) mass is 341 g/mol. The van der Waals surface area contributed by atoms with Gasteiger partial charge in [0.1, 0.15) is 5.65 Å². The van der Waals surface area contributed by atoms with Crippen molar-refractivity contribution in [2.45, 2.75) is 31.2 Å². The minimum atomic E-state index is -4.06. The predicted molar refractivity (Wildman–Crippen MR) is 82.0 cm³/mol. The van der Waals surface area contributed by atoms with Crippen LogP contribution in [0.1, 0.15) is 26.2 Å². The van der Waals surface area contributed by atoms with E-state index in [1.54, 1.807) is 24.4 Å². The Labute approximate surface area is 133 Å². The summed E-state index contributed by atoms with van der Waals surface area (Å²) in [6.07, 6.45) is 3.96. The first-order chi connectivity index (χ1) is 10.4. The fourth-order valence-corrected chi connectivity index (χ4v) is 4.19. The lowest BCUT2D eigenvalue weighted by atomic mass is 10.0. The fourth-order valence-electron chi connectivity index (χ4n) is 2.55. The predicted octanol–water partition coefficient (Wildman–Crippen LogP) is 2.23. The van der Waals surface area contributed by atoms with Gasteiger partial charge in [-0.1, -0.05) is 24.6 Å². The van der Waals surface area contributed by atoms with E-state index in [0.29, 0.717) is 11.6 Å². The largest absolute Gasteiger partial charge is 0.288 e. The first kappa shape index (κ1) is 15.3. The number of fused-ring (bicyclic) bond motifs is 1. The van der Waals surface area contributed by atoms with E-state index in [1.807, 2.05) is 6.92 Å². The Morgan fingerprint density at radius 3 is 2.91 bits per heavy atom. The zero-order chi connectivity index (χ0) is 15.9. The van der Waals surface area contributed by atoms with Crippen LogP contribution in [0.25, 0.3) is 5.65 Å². The highest BCUT2D eigenvalue weighted by atomic mass is 35.5. The maximum atomic E-state index is 12.4. The zero-order valence-corrected chi connectivity index (χ0v) is 13.6. The highest BCUT2D eigenvalue weighted by Gasteiger charge is 2.31. The number of pyridine rings is 1. The molecule has 118 valence electrons. The second kappa shape index (κ2) is 5.55. The molecule has 3 rings (SSSR count). The summed E-state index contributed by atoms with van der Waals surface area (Å²) in [6, 6.07) is 5.04. The molecule has 1 fully saturated rings. The molecule has 2 heterocycles. The van der Waals surface area contributed by atoms with Gasteiger partial charge >= 0.3 is 0 Å². The molecule has 6 nitrogen and oxygen atoms in total. The number of aromatic nitrogens is 2. The Hall–Kier alpha value is -1.60. The molecule has 22 heavy (non-hydrogen) atoms. The van der Waals surface area contributed by atoms with Crippen LogP contribution in [0.4, 0.5) is 0 Å². The topological polar surface area (TPSA) is 80.5 Å². The van der Waals surface area contributed by atoms with Crippen molar-refractivity contribution in [3.8, 4) is 0 Å². The molecule has 2 aromatic heterocycles. The summed E-state index contributed by atoms with van der Waals surface area (Å²) in [7, 11) is -4.06. The van der Waals surface area contributed by atoms with Gasteiger partial charge in [0.15, 0.2) is 10.2 Å². The summed E-state index contributed by atoms with van der Waals surface area (Å²) in [6.45, 7) is 1.96. The Morgan fingerprint density at radius 2 is 2.23 bits per heavy atom. The van der Waals surface area contributed by atoms with Crippen molar-refractivity contribution in [3.05, 3.63) is 29.5 Å². The molecule has 8 heteroatoms. The molecular weight excluding hydrogens is 326 g/mol. The Kier molecular flexibility index (Phi) is 3.86. The molecule has 0 unspecified atom stereocenters. The number of carbonyl (C=O) groups excluding carboxylic acids is 1. The second-order valence-corrected chi connectivity index (χ2v) is 7.64. The highest BCUT2D eigenvalue weighted by Crippen LogP contribution is 2.38. The number of amides is 1. The maximum Gasteiger partial charge on any atom is 0.283 e. The van der Waals surface area contributed by atoms with Crippen molar-refractivity contribution in [2.75, 3.05) is 0 Å². The molecule has 1 aliphatic carbocycles. The van der Waals surface area contributed by atoms with E-state index in [2.05, 4.69) is 9.71 Å². The van der Waals surface area contributed by atoms with Gasteiger partial charge < -0.3 is 0 Å². The van der Waals surface area contributed by atoms with Crippen molar-refractivity contribution in [1.82, 2.24) is 14.1 Å². The van der Waals surface area contributed by atoms with Gasteiger partial charge in [0.25, 0.3) is 10.0 Å². The molecule has 1 amide bonds. The fraction of sp³-hybridized carbons (Fsp3) is 0.429. The lowest BCUT2D eigenvalue weighted by Crippen LogP contribution is -2.32. The second-order valence-electron chi connectivity index (χ2n) is 5.68. The third-order valence-corrected chi connectivity index (χ3v) is 5.65. The van der Waals surface area contributed by atoms with E-state index < -0.39 is 15.9 Å². The quantitative estimate of drug-likeness (QED) is 0.904.